The lowest BCUT2D eigenvalue weighted by molar-refractivity contribution is 0.102. The summed E-state index contributed by atoms with van der Waals surface area (Å²) in [7, 11) is 3.84. The zero-order valence-corrected chi connectivity index (χ0v) is 14.6. The third kappa shape index (κ3) is 3.11. The van der Waals surface area contributed by atoms with Crippen LogP contribution in [0.15, 0.2) is 48.8 Å². The summed E-state index contributed by atoms with van der Waals surface area (Å²) in [5.41, 5.74) is 3.14. The van der Waals surface area contributed by atoms with Crippen LogP contribution in [0.4, 0.5) is 11.5 Å². The average molecular weight is 349 g/mol. The molecule has 7 nitrogen and oxygen atoms in total. The maximum atomic E-state index is 12.6. The number of likely N-dealkylation sites (N-methyl/N-ethyl adjacent to an activating group) is 1. The first-order valence-corrected chi connectivity index (χ1v) is 8.35. The Kier molecular flexibility index (Phi) is 4.04. The van der Waals surface area contributed by atoms with Gasteiger partial charge < -0.3 is 15.0 Å². The number of anilines is 2. The molecule has 4 rings (SSSR count). The molecule has 26 heavy (non-hydrogen) atoms. The molecule has 1 amide bonds. The summed E-state index contributed by atoms with van der Waals surface area (Å²) >= 11 is 0. The predicted molar refractivity (Wildman–Crippen MR) is 99.6 cm³/mol. The van der Waals surface area contributed by atoms with Gasteiger partial charge in [0.25, 0.3) is 5.91 Å². The molecule has 0 spiro atoms. The highest BCUT2D eigenvalue weighted by Gasteiger charge is 2.17. The molecular formula is C19H19N5O2. The highest BCUT2D eigenvalue weighted by molar-refractivity contribution is 6.04. The fourth-order valence-corrected chi connectivity index (χ4v) is 2.90. The minimum Gasteiger partial charge on any atom is -0.490 e. The highest BCUT2D eigenvalue weighted by atomic mass is 16.5. The number of aryl methyl sites for hydroxylation is 1. The zero-order valence-electron chi connectivity index (χ0n) is 14.6. The molecule has 2 aromatic heterocycles. The summed E-state index contributed by atoms with van der Waals surface area (Å²) in [6.07, 6.45) is 3.63. The third-order valence-corrected chi connectivity index (χ3v) is 4.31. The van der Waals surface area contributed by atoms with Crippen LogP contribution in [0.2, 0.25) is 0 Å². The van der Waals surface area contributed by atoms with E-state index < -0.39 is 0 Å². The molecule has 0 unspecified atom stereocenters. The second-order valence-corrected chi connectivity index (χ2v) is 6.22. The van der Waals surface area contributed by atoms with E-state index >= 15 is 0 Å². The zero-order chi connectivity index (χ0) is 18.1. The van der Waals surface area contributed by atoms with E-state index in [-0.39, 0.29) is 5.91 Å². The van der Waals surface area contributed by atoms with E-state index in [4.69, 9.17) is 4.74 Å². The molecule has 0 saturated carbocycles. The Morgan fingerprint density at radius 1 is 1.23 bits per heavy atom. The number of benzene rings is 1. The molecular weight excluding hydrogens is 330 g/mol. The van der Waals surface area contributed by atoms with E-state index in [1.165, 1.54) is 0 Å². The molecule has 0 atom stereocenters. The van der Waals surface area contributed by atoms with Gasteiger partial charge in [-0.05, 0) is 30.3 Å². The minimum atomic E-state index is -0.206. The highest BCUT2D eigenvalue weighted by Crippen LogP contribution is 2.31. The van der Waals surface area contributed by atoms with Crippen LogP contribution >= 0.6 is 0 Å². The maximum Gasteiger partial charge on any atom is 0.256 e. The van der Waals surface area contributed by atoms with Crippen molar-refractivity contribution < 1.29 is 9.53 Å². The van der Waals surface area contributed by atoms with Crippen LogP contribution in [0.5, 0.6) is 5.75 Å². The number of rotatable bonds is 3. The molecule has 0 saturated heterocycles. The molecule has 132 valence electrons. The standard InChI is InChI=1S/C19H19N5O2/c1-23-8-9-26-17-7-6-13(10-16(17)23)19(25)22-18-5-3-4-15(21-18)14-11-20-24(2)12-14/h3-7,10-12H,8-9H2,1-2H3,(H,21,22,25). The van der Waals surface area contributed by atoms with Gasteiger partial charge >= 0.3 is 0 Å². The Bertz CT molecular complexity index is 966. The fourth-order valence-electron chi connectivity index (χ4n) is 2.90. The number of fused-ring (bicyclic) bond motifs is 1. The summed E-state index contributed by atoms with van der Waals surface area (Å²) in [5, 5.41) is 7.01. The van der Waals surface area contributed by atoms with Crippen molar-refractivity contribution in [3.05, 3.63) is 54.4 Å². The van der Waals surface area contributed by atoms with Gasteiger partial charge in [0.15, 0.2) is 0 Å². The number of pyridine rings is 1. The van der Waals surface area contributed by atoms with Gasteiger partial charge in [-0.25, -0.2) is 4.98 Å². The first kappa shape index (κ1) is 16.1. The summed E-state index contributed by atoms with van der Waals surface area (Å²) < 4.78 is 7.34. The number of carbonyl (C=O) groups is 1. The van der Waals surface area contributed by atoms with Gasteiger partial charge in [0.05, 0.1) is 24.1 Å². The van der Waals surface area contributed by atoms with Crippen molar-refractivity contribution in [1.82, 2.24) is 14.8 Å². The predicted octanol–water partition coefficient (Wildman–Crippen LogP) is 2.56. The molecule has 3 heterocycles. The minimum absolute atomic E-state index is 0.206. The molecule has 1 aromatic carbocycles. The monoisotopic (exact) mass is 349 g/mol. The lowest BCUT2D eigenvalue weighted by Gasteiger charge is -2.27. The smallest absolute Gasteiger partial charge is 0.256 e. The van der Waals surface area contributed by atoms with Crippen molar-refractivity contribution >= 4 is 17.4 Å². The Labute approximate surface area is 151 Å². The van der Waals surface area contributed by atoms with E-state index in [1.807, 2.05) is 44.6 Å². The molecule has 0 bridgehead atoms. The van der Waals surface area contributed by atoms with Crippen molar-refractivity contribution in [2.75, 3.05) is 30.4 Å². The van der Waals surface area contributed by atoms with Crippen LogP contribution in [-0.2, 0) is 7.05 Å². The Morgan fingerprint density at radius 3 is 2.92 bits per heavy atom. The van der Waals surface area contributed by atoms with Crippen LogP contribution in [0.1, 0.15) is 10.4 Å². The van der Waals surface area contributed by atoms with E-state index in [9.17, 15) is 4.79 Å². The van der Waals surface area contributed by atoms with E-state index in [0.717, 1.165) is 29.2 Å². The molecule has 1 N–H and O–H groups in total. The Morgan fingerprint density at radius 2 is 2.12 bits per heavy atom. The third-order valence-electron chi connectivity index (χ3n) is 4.31. The summed E-state index contributed by atoms with van der Waals surface area (Å²) in [4.78, 5) is 19.2. The van der Waals surface area contributed by atoms with Crippen LogP contribution in [0.3, 0.4) is 0 Å². The van der Waals surface area contributed by atoms with Gasteiger partial charge in [0.1, 0.15) is 18.2 Å². The second kappa shape index (κ2) is 6.51. The molecule has 0 aliphatic carbocycles. The first-order valence-electron chi connectivity index (χ1n) is 8.35. The van der Waals surface area contributed by atoms with E-state index in [2.05, 4.69) is 20.3 Å². The maximum absolute atomic E-state index is 12.6. The fraction of sp³-hybridized carbons (Fsp3) is 0.211. The van der Waals surface area contributed by atoms with Crippen molar-refractivity contribution in [2.45, 2.75) is 0 Å². The van der Waals surface area contributed by atoms with Gasteiger partial charge in [-0.15, -0.1) is 0 Å². The Balaban J connectivity index is 1.56. The second-order valence-electron chi connectivity index (χ2n) is 6.22. The number of nitrogens with one attached hydrogen (secondary N) is 1. The van der Waals surface area contributed by atoms with Crippen LogP contribution in [0.25, 0.3) is 11.3 Å². The number of hydrogen-bond acceptors (Lipinski definition) is 5. The number of ether oxygens (including phenoxy) is 1. The number of amides is 1. The quantitative estimate of drug-likeness (QED) is 0.787. The lowest BCUT2D eigenvalue weighted by Crippen LogP contribution is -2.29. The topological polar surface area (TPSA) is 72.3 Å². The van der Waals surface area contributed by atoms with Gasteiger partial charge in [-0.3, -0.25) is 9.48 Å². The van der Waals surface area contributed by atoms with E-state index in [1.54, 1.807) is 23.0 Å². The summed E-state index contributed by atoms with van der Waals surface area (Å²) in [6, 6.07) is 11.0. The number of nitrogens with zero attached hydrogens (tertiary/aromatic N) is 4. The molecule has 0 fully saturated rings. The van der Waals surface area contributed by atoms with Crippen molar-refractivity contribution in [3.63, 3.8) is 0 Å². The number of carbonyl (C=O) groups excluding carboxylic acids is 1. The summed E-state index contributed by atoms with van der Waals surface area (Å²) in [5.74, 6) is 1.09. The normalized spacial score (nSPS) is 13.1. The molecule has 3 aromatic rings. The molecule has 1 aliphatic rings. The SMILES string of the molecule is CN1CCOc2ccc(C(=O)Nc3cccc(-c4cnn(C)c4)n3)cc21. The first-order chi connectivity index (χ1) is 12.6. The molecule has 7 heteroatoms. The van der Waals surface area contributed by atoms with Crippen molar-refractivity contribution in [2.24, 2.45) is 7.05 Å². The van der Waals surface area contributed by atoms with Crippen LogP contribution < -0.4 is 15.0 Å². The summed E-state index contributed by atoms with van der Waals surface area (Å²) in [6.45, 7) is 1.45. The van der Waals surface area contributed by atoms with Gasteiger partial charge in [0, 0.05) is 31.4 Å². The Hall–Kier alpha value is -3.35. The van der Waals surface area contributed by atoms with Gasteiger partial charge in [0.2, 0.25) is 0 Å². The van der Waals surface area contributed by atoms with Crippen LogP contribution in [0, 0.1) is 0 Å². The van der Waals surface area contributed by atoms with Crippen molar-refractivity contribution in [3.8, 4) is 17.0 Å². The largest absolute Gasteiger partial charge is 0.490 e. The van der Waals surface area contributed by atoms with Crippen LogP contribution in [-0.4, -0.2) is 40.9 Å². The molecule has 1 aliphatic heterocycles. The van der Waals surface area contributed by atoms with Gasteiger partial charge in [-0.1, -0.05) is 6.07 Å². The van der Waals surface area contributed by atoms with E-state index in [0.29, 0.717) is 18.0 Å². The van der Waals surface area contributed by atoms with Crippen molar-refractivity contribution in [1.29, 1.82) is 0 Å². The molecule has 0 radical (unpaired) electrons. The number of aromatic nitrogens is 3. The lowest BCUT2D eigenvalue weighted by atomic mass is 10.1. The van der Waals surface area contributed by atoms with Gasteiger partial charge in [-0.2, -0.15) is 5.10 Å². The average Bonchev–Trinajstić information content (AvgIpc) is 3.08. The number of hydrogen-bond donors (Lipinski definition) is 1.